The molecule has 0 saturated heterocycles. The van der Waals surface area contributed by atoms with Crippen LogP contribution >= 0.6 is 0 Å². The molecule has 0 atom stereocenters. The SMILES string of the molecule is CCCC1CCC(CN)(OCCCOCCOC)CC1. The van der Waals surface area contributed by atoms with Crippen molar-refractivity contribution in [2.75, 3.05) is 40.1 Å². The Morgan fingerprint density at radius 1 is 1.10 bits per heavy atom. The van der Waals surface area contributed by atoms with Crippen LogP contribution < -0.4 is 5.73 Å². The summed E-state index contributed by atoms with van der Waals surface area (Å²) in [6.45, 7) is 5.73. The van der Waals surface area contributed by atoms with E-state index in [1.54, 1.807) is 7.11 Å². The Morgan fingerprint density at radius 3 is 2.45 bits per heavy atom. The average molecular weight is 287 g/mol. The van der Waals surface area contributed by atoms with Crippen LogP contribution in [-0.4, -0.2) is 45.7 Å². The van der Waals surface area contributed by atoms with Crippen molar-refractivity contribution in [2.45, 2.75) is 57.5 Å². The molecule has 4 heteroatoms. The molecule has 120 valence electrons. The van der Waals surface area contributed by atoms with E-state index in [9.17, 15) is 0 Å². The van der Waals surface area contributed by atoms with Gasteiger partial charge in [0.25, 0.3) is 0 Å². The van der Waals surface area contributed by atoms with Crippen molar-refractivity contribution in [3.8, 4) is 0 Å². The molecule has 0 amide bonds. The molecular weight excluding hydrogens is 254 g/mol. The highest BCUT2D eigenvalue weighted by atomic mass is 16.5. The topological polar surface area (TPSA) is 53.7 Å². The van der Waals surface area contributed by atoms with Gasteiger partial charge >= 0.3 is 0 Å². The van der Waals surface area contributed by atoms with Crippen molar-refractivity contribution >= 4 is 0 Å². The molecule has 0 aromatic rings. The van der Waals surface area contributed by atoms with Crippen LogP contribution in [0.25, 0.3) is 0 Å². The molecular formula is C16H33NO3. The Hall–Kier alpha value is -0.160. The van der Waals surface area contributed by atoms with E-state index in [-0.39, 0.29) is 5.60 Å². The van der Waals surface area contributed by atoms with Gasteiger partial charge in [0.1, 0.15) is 0 Å². The van der Waals surface area contributed by atoms with Crippen molar-refractivity contribution in [2.24, 2.45) is 11.7 Å². The van der Waals surface area contributed by atoms with Crippen LogP contribution in [0.5, 0.6) is 0 Å². The molecule has 20 heavy (non-hydrogen) atoms. The normalized spacial score (nSPS) is 26.9. The highest BCUT2D eigenvalue weighted by molar-refractivity contribution is 4.88. The average Bonchev–Trinajstić information content (AvgIpc) is 2.48. The zero-order chi connectivity index (χ0) is 14.7. The number of nitrogens with two attached hydrogens (primary N) is 1. The van der Waals surface area contributed by atoms with Gasteiger partial charge in [-0.05, 0) is 38.0 Å². The van der Waals surface area contributed by atoms with Crippen molar-refractivity contribution in [1.29, 1.82) is 0 Å². The van der Waals surface area contributed by atoms with Crippen LogP contribution in [-0.2, 0) is 14.2 Å². The zero-order valence-electron chi connectivity index (χ0n) is 13.4. The van der Waals surface area contributed by atoms with Crippen LogP contribution in [0.2, 0.25) is 0 Å². The van der Waals surface area contributed by atoms with Gasteiger partial charge in [0.2, 0.25) is 0 Å². The summed E-state index contributed by atoms with van der Waals surface area (Å²) in [5, 5.41) is 0. The minimum atomic E-state index is -0.0588. The van der Waals surface area contributed by atoms with Crippen molar-refractivity contribution in [3.05, 3.63) is 0 Å². The monoisotopic (exact) mass is 287 g/mol. The maximum absolute atomic E-state index is 6.12. The predicted molar refractivity (Wildman–Crippen MR) is 81.9 cm³/mol. The first-order valence-corrected chi connectivity index (χ1v) is 8.17. The highest BCUT2D eigenvalue weighted by Crippen LogP contribution is 2.36. The third kappa shape index (κ3) is 6.53. The van der Waals surface area contributed by atoms with Gasteiger partial charge in [-0.15, -0.1) is 0 Å². The minimum absolute atomic E-state index is 0.0588. The second kappa shape index (κ2) is 10.6. The van der Waals surface area contributed by atoms with E-state index in [0.717, 1.165) is 38.4 Å². The smallest absolute Gasteiger partial charge is 0.0804 e. The molecule has 0 aliphatic heterocycles. The highest BCUT2D eigenvalue weighted by Gasteiger charge is 2.34. The van der Waals surface area contributed by atoms with Crippen LogP contribution in [0.1, 0.15) is 51.9 Å². The first kappa shape index (κ1) is 17.9. The van der Waals surface area contributed by atoms with E-state index in [2.05, 4.69) is 6.92 Å². The van der Waals surface area contributed by atoms with Gasteiger partial charge in [0.05, 0.1) is 18.8 Å². The van der Waals surface area contributed by atoms with Gasteiger partial charge < -0.3 is 19.9 Å². The van der Waals surface area contributed by atoms with Crippen LogP contribution in [0.3, 0.4) is 0 Å². The maximum atomic E-state index is 6.12. The lowest BCUT2D eigenvalue weighted by atomic mass is 9.77. The lowest BCUT2D eigenvalue weighted by molar-refractivity contribution is -0.0775. The van der Waals surface area contributed by atoms with Gasteiger partial charge in [-0.1, -0.05) is 19.8 Å². The Morgan fingerprint density at radius 2 is 1.85 bits per heavy atom. The summed E-state index contributed by atoms with van der Waals surface area (Å²) in [6, 6.07) is 0. The first-order chi connectivity index (χ1) is 9.76. The molecule has 1 rings (SSSR count). The fourth-order valence-corrected chi connectivity index (χ4v) is 3.00. The molecule has 0 heterocycles. The summed E-state index contributed by atoms with van der Waals surface area (Å²) in [7, 11) is 1.69. The molecule has 0 bridgehead atoms. The lowest BCUT2D eigenvalue weighted by Crippen LogP contribution is -2.44. The molecule has 0 unspecified atom stereocenters. The van der Waals surface area contributed by atoms with Crippen molar-refractivity contribution < 1.29 is 14.2 Å². The second-order valence-corrected chi connectivity index (χ2v) is 5.93. The van der Waals surface area contributed by atoms with E-state index in [0.29, 0.717) is 19.8 Å². The standard InChI is InChI=1S/C16H33NO3/c1-3-5-15-6-8-16(14-17,9-7-15)20-11-4-10-19-13-12-18-2/h15H,3-14,17H2,1-2H3. The second-order valence-electron chi connectivity index (χ2n) is 5.93. The van der Waals surface area contributed by atoms with Crippen LogP contribution in [0, 0.1) is 5.92 Å². The summed E-state index contributed by atoms with van der Waals surface area (Å²) in [6.07, 6.45) is 8.37. The first-order valence-electron chi connectivity index (χ1n) is 8.17. The maximum Gasteiger partial charge on any atom is 0.0804 e. The largest absolute Gasteiger partial charge is 0.382 e. The van der Waals surface area contributed by atoms with Gasteiger partial charge in [-0.25, -0.2) is 0 Å². The fourth-order valence-electron chi connectivity index (χ4n) is 3.00. The Bertz CT molecular complexity index is 228. The Kier molecular flexibility index (Phi) is 9.44. The van der Waals surface area contributed by atoms with Crippen LogP contribution in [0.15, 0.2) is 0 Å². The molecule has 2 N–H and O–H groups in total. The molecule has 1 saturated carbocycles. The minimum Gasteiger partial charge on any atom is -0.382 e. The molecule has 1 fully saturated rings. The molecule has 0 radical (unpaired) electrons. The van der Waals surface area contributed by atoms with Crippen LogP contribution in [0.4, 0.5) is 0 Å². The molecule has 1 aliphatic carbocycles. The van der Waals surface area contributed by atoms with Gasteiger partial charge in [-0.2, -0.15) is 0 Å². The molecule has 0 aromatic heterocycles. The Labute approximate surface area is 124 Å². The number of rotatable bonds is 11. The summed E-state index contributed by atoms with van der Waals surface area (Å²) in [5.41, 5.74) is 5.91. The fraction of sp³-hybridized carbons (Fsp3) is 1.00. The summed E-state index contributed by atoms with van der Waals surface area (Å²) in [4.78, 5) is 0. The molecule has 4 nitrogen and oxygen atoms in total. The van der Waals surface area contributed by atoms with Crippen molar-refractivity contribution in [1.82, 2.24) is 0 Å². The van der Waals surface area contributed by atoms with E-state index < -0.39 is 0 Å². The van der Waals surface area contributed by atoms with E-state index in [1.165, 1.54) is 25.7 Å². The number of ether oxygens (including phenoxy) is 3. The van der Waals surface area contributed by atoms with E-state index in [4.69, 9.17) is 19.9 Å². The quantitative estimate of drug-likeness (QED) is 0.594. The Balaban J connectivity index is 2.13. The third-order valence-electron chi connectivity index (χ3n) is 4.36. The van der Waals surface area contributed by atoms with E-state index >= 15 is 0 Å². The van der Waals surface area contributed by atoms with Gasteiger partial charge in [-0.3, -0.25) is 0 Å². The predicted octanol–water partition coefficient (Wildman–Crippen LogP) is 2.74. The van der Waals surface area contributed by atoms with Crippen molar-refractivity contribution in [3.63, 3.8) is 0 Å². The molecule has 1 aliphatic rings. The number of methoxy groups -OCH3 is 1. The third-order valence-corrected chi connectivity index (χ3v) is 4.36. The lowest BCUT2D eigenvalue weighted by Gasteiger charge is -2.39. The number of hydrogen-bond acceptors (Lipinski definition) is 4. The number of hydrogen-bond donors (Lipinski definition) is 1. The zero-order valence-corrected chi connectivity index (χ0v) is 13.4. The van der Waals surface area contributed by atoms with E-state index in [1.807, 2.05) is 0 Å². The van der Waals surface area contributed by atoms with Gasteiger partial charge in [0, 0.05) is 26.9 Å². The summed E-state index contributed by atoms with van der Waals surface area (Å²) in [5.74, 6) is 0.889. The molecule has 0 aromatic carbocycles. The van der Waals surface area contributed by atoms with Gasteiger partial charge in [0.15, 0.2) is 0 Å². The summed E-state index contributed by atoms with van der Waals surface area (Å²) >= 11 is 0. The molecule has 0 spiro atoms. The summed E-state index contributed by atoms with van der Waals surface area (Å²) < 4.78 is 16.5.